The van der Waals surface area contributed by atoms with Crippen LogP contribution in [0, 0.1) is 0 Å². The average Bonchev–Trinajstić information content (AvgIpc) is 2.95. The molecule has 3 amide bonds. The number of rotatable bonds is 3. The predicted molar refractivity (Wildman–Crippen MR) is 104 cm³/mol. The summed E-state index contributed by atoms with van der Waals surface area (Å²) < 4.78 is 0.880. The van der Waals surface area contributed by atoms with E-state index in [1.807, 2.05) is 60.7 Å². The maximum absolute atomic E-state index is 13.6. The molecule has 0 radical (unpaired) electrons. The molecule has 4 nitrogen and oxygen atoms in total. The molecule has 1 saturated heterocycles. The van der Waals surface area contributed by atoms with Gasteiger partial charge in [-0.15, -0.1) is 0 Å². The van der Waals surface area contributed by atoms with E-state index in [2.05, 4.69) is 21.2 Å². The Hall–Kier alpha value is -2.92. The Bertz CT molecular complexity index is 917. The summed E-state index contributed by atoms with van der Waals surface area (Å²) in [4.78, 5) is 27.6. The number of nitrogens with zero attached hydrogens (tertiary/aromatic N) is 1. The Morgan fingerprint density at radius 1 is 0.731 bits per heavy atom. The van der Waals surface area contributed by atoms with Crippen LogP contribution in [0.5, 0.6) is 0 Å². The van der Waals surface area contributed by atoms with Gasteiger partial charge in [-0.05, 0) is 35.4 Å². The molecule has 0 saturated carbocycles. The second-order valence-corrected chi connectivity index (χ2v) is 6.94. The highest BCUT2D eigenvalue weighted by Crippen LogP contribution is 2.38. The summed E-state index contributed by atoms with van der Waals surface area (Å²) in [7, 11) is 0. The first-order chi connectivity index (χ1) is 12.6. The van der Waals surface area contributed by atoms with Crippen molar-refractivity contribution in [2.75, 3.05) is 4.90 Å². The van der Waals surface area contributed by atoms with E-state index in [0.29, 0.717) is 5.69 Å². The van der Waals surface area contributed by atoms with E-state index >= 15 is 0 Å². The third-order valence-electron chi connectivity index (χ3n) is 4.52. The molecule has 1 aliphatic heterocycles. The van der Waals surface area contributed by atoms with Gasteiger partial charge in [0.2, 0.25) is 0 Å². The minimum Gasteiger partial charge on any atom is -0.315 e. The van der Waals surface area contributed by atoms with Crippen molar-refractivity contribution < 1.29 is 9.59 Å². The molecule has 0 spiro atoms. The van der Waals surface area contributed by atoms with Crippen LogP contribution < -0.4 is 10.2 Å². The van der Waals surface area contributed by atoms with Crippen molar-refractivity contribution in [3.63, 3.8) is 0 Å². The van der Waals surface area contributed by atoms with Gasteiger partial charge in [0.25, 0.3) is 5.91 Å². The lowest BCUT2D eigenvalue weighted by Gasteiger charge is -2.28. The van der Waals surface area contributed by atoms with E-state index in [-0.39, 0.29) is 5.91 Å². The molecule has 5 heteroatoms. The highest BCUT2D eigenvalue weighted by atomic mass is 79.9. The van der Waals surface area contributed by atoms with Crippen LogP contribution in [-0.2, 0) is 10.3 Å². The van der Waals surface area contributed by atoms with Crippen molar-refractivity contribution in [3.8, 4) is 0 Å². The number of carbonyl (C=O) groups excluding carboxylic acids is 2. The molecular formula is C21H15BrN2O2. The Labute approximate surface area is 159 Å². The van der Waals surface area contributed by atoms with Crippen molar-refractivity contribution in [2.24, 2.45) is 0 Å². The van der Waals surface area contributed by atoms with Crippen molar-refractivity contribution >= 4 is 33.6 Å². The maximum Gasteiger partial charge on any atom is 0.330 e. The number of hydrogen-bond donors (Lipinski definition) is 1. The summed E-state index contributed by atoms with van der Waals surface area (Å²) in [6, 6.07) is 25.3. The fourth-order valence-corrected chi connectivity index (χ4v) is 3.55. The first-order valence-corrected chi connectivity index (χ1v) is 8.95. The van der Waals surface area contributed by atoms with E-state index < -0.39 is 11.6 Å². The molecule has 26 heavy (non-hydrogen) atoms. The fourth-order valence-electron chi connectivity index (χ4n) is 3.29. The van der Waals surface area contributed by atoms with E-state index in [4.69, 9.17) is 0 Å². The SMILES string of the molecule is O=C1NC(c2ccccc2)(c2ccccc2)C(=O)N1c1ccc(Br)cc1. The summed E-state index contributed by atoms with van der Waals surface area (Å²) in [5, 5.41) is 2.94. The molecule has 1 heterocycles. The van der Waals surface area contributed by atoms with Crippen LogP contribution in [0.3, 0.4) is 0 Å². The average molecular weight is 407 g/mol. The monoisotopic (exact) mass is 406 g/mol. The van der Waals surface area contributed by atoms with Gasteiger partial charge in [-0.2, -0.15) is 0 Å². The molecule has 3 aromatic carbocycles. The van der Waals surface area contributed by atoms with Gasteiger partial charge in [0.05, 0.1) is 5.69 Å². The number of amides is 3. The number of urea groups is 1. The largest absolute Gasteiger partial charge is 0.330 e. The Balaban J connectivity index is 1.89. The lowest BCUT2D eigenvalue weighted by atomic mass is 9.82. The van der Waals surface area contributed by atoms with Gasteiger partial charge in [-0.1, -0.05) is 76.6 Å². The minimum atomic E-state index is -1.24. The Kier molecular flexibility index (Phi) is 4.09. The quantitative estimate of drug-likeness (QED) is 0.653. The van der Waals surface area contributed by atoms with Crippen molar-refractivity contribution in [1.29, 1.82) is 0 Å². The van der Waals surface area contributed by atoms with E-state index in [9.17, 15) is 9.59 Å². The van der Waals surface area contributed by atoms with E-state index in [1.54, 1.807) is 24.3 Å². The number of imide groups is 1. The van der Waals surface area contributed by atoms with Gasteiger partial charge in [0, 0.05) is 4.47 Å². The van der Waals surface area contributed by atoms with Gasteiger partial charge in [-0.3, -0.25) is 4.79 Å². The lowest BCUT2D eigenvalue weighted by molar-refractivity contribution is -0.121. The van der Waals surface area contributed by atoms with Gasteiger partial charge in [0.15, 0.2) is 5.54 Å². The van der Waals surface area contributed by atoms with Crippen molar-refractivity contribution in [3.05, 3.63) is 101 Å². The Morgan fingerprint density at radius 2 is 1.23 bits per heavy atom. The van der Waals surface area contributed by atoms with Crippen molar-refractivity contribution in [2.45, 2.75) is 5.54 Å². The normalized spacial score (nSPS) is 15.8. The summed E-state index contributed by atoms with van der Waals surface area (Å²) >= 11 is 3.38. The predicted octanol–water partition coefficient (Wildman–Crippen LogP) is 4.45. The number of benzene rings is 3. The van der Waals surface area contributed by atoms with Gasteiger partial charge >= 0.3 is 6.03 Å². The second kappa shape index (κ2) is 6.42. The third-order valence-corrected chi connectivity index (χ3v) is 5.05. The molecule has 0 unspecified atom stereocenters. The van der Waals surface area contributed by atoms with Gasteiger partial charge < -0.3 is 5.32 Å². The smallest absolute Gasteiger partial charge is 0.315 e. The van der Waals surface area contributed by atoms with Crippen LogP contribution in [0.4, 0.5) is 10.5 Å². The first-order valence-electron chi connectivity index (χ1n) is 8.16. The lowest BCUT2D eigenvalue weighted by Crippen LogP contribution is -2.45. The zero-order valence-corrected chi connectivity index (χ0v) is 15.3. The number of halogens is 1. The standard InChI is InChI=1S/C21H15BrN2O2/c22-17-11-13-18(14-12-17)24-19(25)21(23-20(24)26,15-7-3-1-4-8-15)16-9-5-2-6-10-16/h1-14H,(H,23,26). The first kappa shape index (κ1) is 16.5. The van der Waals surface area contributed by atoms with Crippen LogP contribution in [0.15, 0.2) is 89.4 Å². The van der Waals surface area contributed by atoms with Crippen molar-refractivity contribution in [1.82, 2.24) is 5.32 Å². The summed E-state index contributed by atoms with van der Waals surface area (Å²) in [6.45, 7) is 0. The topological polar surface area (TPSA) is 49.4 Å². The summed E-state index contributed by atoms with van der Waals surface area (Å²) in [5.41, 5.74) is 0.741. The van der Waals surface area contributed by atoms with E-state index in [0.717, 1.165) is 15.6 Å². The van der Waals surface area contributed by atoms with Gasteiger partial charge in [-0.25, -0.2) is 9.69 Å². The molecule has 128 valence electrons. The van der Waals surface area contributed by atoms with E-state index in [1.165, 1.54) is 4.90 Å². The van der Waals surface area contributed by atoms with Gasteiger partial charge in [0.1, 0.15) is 0 Å². The zero-order valence-electron chi connectivity index (χ0n) is 13.7. The highest BCUT2D eigenvalue weighted by Gasteiger charge is 2.54. The summed E-state index contributed by atoms with van der Waals surface area (Å²) in [5.74, 6) is -0.317. The molecule has 1 fully saturated rings. The number of carbonyl (C=O) groups is 2. The van der Waals surface area contributed by atoms with Crippen LogP contribution in [0.2, 0.25) is 0 Å². The molecule has 0 atom stereocenters. The minimum absolute atomic E-state index is 0.317. The van der Waals surface area contributed by atoms with Crippen LogP contribution in [-0.4, -0.2) is 11.9 Å². The fraction of sp³-hybridized carbons (Fsp3) is 0.0476. The highest BCUT2D eigenvalue weighted by molar-refractivity contribution is 9.10. The maximum atomic E-state index is 13.6. The third kappa shape index (κ3) is 2.52. The molecule has 4 rings (SSSR count). The molecule has 0 aromatic heterocycles. The second-order valence-electron chi connectivity index (χ2n) is 6.03. The molecular weight excluding hydrogens is 392 g/mol. The Morgan fingerprint density at radius 3 is 1.73 bits per heavy atom. The molecule has 0 aliphatic carbocycles. The molecule has 1 N–H and O–H groups in total. The molecule has 3 aromatic rings. The zero-order chi connectivity index (χ0) is 18.1. The van der Waals surface area contributed by atoms with Crippen LogP contribution in [0.25, 0.3) is 0 Å². The summed E-state index contributed by atoms with van der Waals surface area (Å²) in [6.07, 6.45) is 0. The number of hydrogen-bond acceptors (Lipinski definition) is 2. The number of anilines is 1. The van der Waals surface area contributed by atoms with Crippen LogP contribution in [0.1, 0.15) is 11.1 Å². The molecule has 0 bridgehead atoms. The molecule has 1 aliphatic rings. The number of nitrogens with one attached hydrogen (secondary N) is 1. The van der Waals surface area contributed by atoms with Crippen LogP contribution >= 0.6 is 15.9 Å².